The van der Waals surface area contributed by atoms with Gasteiger partial charge in [0.1, 0.15) is 5.82 Å². The Kier molecular flexibility index (Phi) is 7.08. The number of nitrogens with one attached hydrogen (secondary N) is 1. The Labute approximate surface area is 165 Å². The van der Waals surface area contributed by atoms with Crippen molar-refractivity contribution >= 4 is 11.7 Å². The molecule has 1 saturated heterocycles. The first-order valence-electron chi connectivity index (χ1n) is 9.45. The third kappa shape index (κ3) is 5.36. The van der Waals surface area contributed by atoms with Crippen molar-refractivity contribution in [1.82, 2.24) is 10.3 Å². The summed E-state index contributed by atoms with van der Waals surface area (Å²) in [6, 6.07) is 9.71. The zero-order valence-corrected chi connectivity index (χ0v) is 16.4. The van der Waals surface area contributed by atoms with E-state index < -0.39 is 0 Å². The van der Waals surface area contributed by atoms with Crippen LogP contribution in [0.4, 0.5) is 5.82 Å². The molecule has 1 fully saturated rings. The summed E-state index contributed by atoms with van der Waals surface area (Å²) in [4.78, 5) is 18.9. The van der Waals surface area contributed by atoms with Gasteiger partial charge >= 0.3 is 0 Å². The van der Waals surface area contributed by atoms with Gasteiger partial charge in [0.15, 0.2) is 11.5 Å². The predicted octanol–water partition coefficient (Wildman–Crippen LogP) is 2.18. The average molecular weight is 385 g/mol. The fourth-order valence-corrected chi connectivity index (χ4v) is 3.08. The topological polar surface area (TPSA) is 72.9 Å². The number of benzene rings is 1. The number of rotatable bonds is 8. The van der Waals surface area contributed by atoms with E-state index >= 15 is 0 Å². The molecular formula is C21H27N3O4. The Bertz CT molecular complexity index is 774. The van der Waals surface area contributed by atoms with Gasteiger partial charge in [0.2, 0.25) is 5.91 Å². The summed E-state index contributed by atoms with van der Waals surface area (Å²) in [5.74, 6) is 2.31. The molecule has 1 N–H and O–H groups in total. The first kappa shape index (κ1) is 19.9. The molecule has 0 spiro atoms. The third-order valence-corrected chi connectivity index (χ3v) is 4.72. The van der Waals surface area contributed by atoms with Crippen LogP contribution in [0.2, 0.25) is 0 Å². The molecule has 0 bridgehead atoms. The molecule has 7 nitrogen and oxygen atoms in total. The second-order valence-electron chi connectivity index (χ2n) is 6.59. The molecule has 7 heteroatoms. The van der Waals surface area contributed by atoms with Crippen molar-refractivity contribution in [3.05, 3.63) is 47.7 Å². The van der Waals surface area contributed by atoms with Crippen LogP contribution in [-0.4, -0.2) is 51.4 Å². The van der Waals surface area contributed by atoms with Crippen LogP contribution in [0.3, 0.4) is 0 Å². The van der Waals surface area contributed by atoms with E-state index in [1.807, 2.05) is 36.5 Å². The van der Waals surface area contributed by atoms with Crippen molar-refractivity contribution in [2.24, 2.45) is 0 Å². The number of morpholine rings is 1. The second-order valence-corrected chi connectivity index (χ2v) is 6.59. The number of amides is 1. The van der Waals surface area contributed by atoms with Crippen LogP contribution in [0.25, 0.3) is 0 Å². The summed E-state index contributed by atoms with van der Waals surface area (Å²) in [6.07, 6.45) is 2.87. The van der Waals surface area contributed by atoms with Gasteiger partial charge in [-0.3, -0.25) is 4.79 Å². The van der Waals surface area contributed by atoms with Crippen LogP contribution >= 0.6 is 0 Å². The molecule has 2 heterocycles. The minimum absolute atomic E-state index is 0.00652. The first-order valence-corrected chi connectivity index (χ1v) is 9.45. The zero-order valence-electron chi connectivity index (χ0n) is 16.4. The molecule has 1 aromatic heterocycles. The molecule has 3 rings (SSSR count). The van der Waals surface area contributed by atoms with Crippen molar-refractivity contribution in [3.63, 3.8) is 0 Å². The lowest BCUT2D eigenvalue weighted by Gasteiger charge is -2.27. The van der Waals surface area contributed by atoms with E-state index in [-0.39, 0.29) is 5.91 Å². The predicted molar refractivity (Wildman–Crippen MR) is 107 cm³/mol. The normalized spacial score (nSPS) is 13.9. The lowest BCUT2D eigenvalue weighted by molar-refractivity contribution is -0.121. The van der Waals surface area contributed by atoms with Crippen LogP contribution in [0.1, 0.15) is 17.5 Å². The van der Waals surface area contributed by atoms with Gasteiger partial charge in [-0.25, -0.2) is 4.98 Å². The van der Waals surface area contributed by atoms with Crippen LogP contribution in [0, 0.1) is 0 Å². The molecule has 1 aliphatic rings. The van der Waals surface area contributed by atoms with E-state index in [4.69, 9.17) is 14.2 Å². The van der Waals surface area contributed by atoms with E-state index in [1.54, 1.807) is 14.2 Å². The molecule has 0 aliphatic carbocycles. The summed E-state index contributed by atoms with van der Waals surface area (Å²) >= 11 is 0. The van der Waals surface area contributed by atoms with Crippen molar-refractivity contribution in [2.75, 3.05) is 45.4 Å². The average Bonchev–Trinajstić information content (AvgIpc) is 2.77. The van der Waals surface area contributed by atoms with E-state index in [9.17, 15) is 4.79 Å². The quantitative estimate of drug-likeness (QED) is 0.751. The summed E-state index contributed by atoms with van der Waals surface area (Å²) in [7, 11) is 3.21. The Morgan fingerprint density at radius 3 is 2.54 bits per heavy atom. The Morgan fingerprint density at radius 1 is 1.11 bits per heavy atom. The van der Waals surface area contributed by atoms with Gasteiger partial charge in [0.05, 0.1) is 27.4 Å². The summed E-state index contributed by atoms with van der Waals surface area (Å²) in [6.45, 7) is 3.67. The zero-order chi connectivity index (χ0) is 19.8. The molecule has 1 aromatic carbocycles. The fourth-order valence-electron chi connectivity index (χ4n) is 3.08. The SMILES string of the molecule is COc1ccc(CCC(=O)NCc2ccc(N3CCOCC3)nc2)cc1OC. The fraction of sp³-hybridized carbons (Fsp3) is 0.429. The van der Waals surface area contributed by atoms with E-state index in [0.717, 1.165) is 43.2 Å². The molecule has 150 valence electrons. The molecule has 0 saturated carbocycles. The molecule has 28 heavy (non-hydrogen) atoms. The number of pyridine rings is 1. The van der Waals surface area contributed by atoms with Crippen LogP contribution in [-0.2, 0) is 22.5 Å². The highest BCUT2D eigenvalue weighted by atomic mass is 16.5. The van der Waals surface area contributed by atoms with Gasteiger partial charge in [-0.05, 0) is 35.7 Å². The maximum absolute atomic E-state index is 12.2. The van der Waals surface area contributed by atoms with Crippen LogP contribution in [0.5, 0.6) is 11.5 Å². The number of nitrogens with zero attached hydrogens (tertiary/aromatic N) is 2. The Morgan fingerprint density at radius 2 is 1.86 bits per heavy atom. The van der Waals surface area contributed by atoms with Crippen molar-refractivity contribution in [3.8, 4) is 11.5 Å². The number of hydrogen-bond donors (Lipinski definition) is 1. The smallest absolute Gasteiger partial charge is 0.220 e. The molecule has 2 aromatic rings. The monoisotopic (exact) mass is 385 g/mol. The number of aromatic nitrogens is 1. The summed E-state index contributed by atoms with van der Waals surface area (Å²) in [5.41, 5.74) is 2.01. The molecule has 1 aliphatic heterocycles. The first-order chi connectivity index (χ1) is 13.7. The molecule has 1 amide bonds. The highest BCUT2D eigenvalue weighted by molar-refractivity contribution is 5.76. The van der Waals surface area contributed by atoms with E-state index in [1.165, 1.54) is 0 Å². The molecule has 0 unspecified atom stereocenters. The molecule has 0 radical (unpaired) electrons. The molecule has 0 atom stereocenters. The van der Waals surface area contributed by atoms with Crippen molar-refractivity contribution in [1.29, 1.82) is 0 Å². The number of ether oxygens (including phenoxy) is 3. The number of carbonyl (C=O) groups excluding carboxylic acids is 1. The minimum atomic E-state index is 0.00652. The lowest BCUT2D eigenvalue weighted by atomic mass is 10.1. The standard InChI is InChI=1S/C21H27N3O4/c1-26-18-6-3-16(13-19(18)27-2)5-8-21(25)23-15-17-4-7-20(22-14-17)24-9-11-28-12-10-24/h3-4,6-7,13-14H,5,8-12,15H2,1-2H3,(H,23,25). The van der Waals surface area contributed by atoms with Gasteiger partial charge < -0.3 is 24.4 Å². The van der Waals surface area contributed by atoms with Crippen molar-refractivity contribution < 1.29 is 19.0 Å². The largest absolute Gasteiger partial charge is 0.493 e. The number of carbonyl (C=O) groups is 1. The van der Waals surface area contributed by atoms with E-state index in [2.05, 4.69) is 15.2 Å². The molecular weight excluding hydrogens is 358 g/mol. The van der Waals surface area contributed by atoms with Gasteiger partial charge in [-0.15, -0.1) is 0 Å². The van der Waals surface area contributed by atoms with Gasteiger partial charge in [-0.2, -0.15) is 0 Å². The maximum atomic E-state index is 12.2. The third-order valence-electron chi connectivity index (χ3n) is 4.72. The second kappa shape index (κ2) is 9.94. The maximum Gasteiger partial charge on any atom is 0.220 e. The van der Waals surface area contributed by atoms with Crippen LogP contribution in [0.15, 0.2) is 36.5 Å². The van der Waals surface area contributed by atoms with Gasteiger partial charge in [0.25, 0.3) is 0 Å². The number of methoxy groups -OCH3 is 2. The number of hydrogen-bond acceptors (Lipinski definition) is 6. The summed E-state index contributed by atoms with van der Waals surface area (Å²) in [5, 5.41) is 2.95. The minimum Gasteiger partial charge on any atom is -0.493 e. The summed E-state index contributed by atoms with van der Waals surface area (Å²) < 4.78 is 15.9. The van der Waals surface area contributed by atoms with E-state index in [0.29, 0.717) is 30.9 Å². The lowest BCUT2D eigenvalue weighted by Crippen LogP contribution is -2.36. The Hall–Kier alpha value is -2.80. The Balaban J connectivity index is 1.45. The highest BCUT2D eigenvalue weighted by Crippen LogP contribution is 2.27. The highest BCUT2D eigenvalue weighted by Gasteiger charge is 2.12. The van der Waals surface area contributed by atoms with Gasteiger partial charge in [-0.1, -0.05) is 12.1 Å². The van der Waals surface area contributed by atoms with Crippen molar-refractivity contribution in [2.45, 2.75) is 19.4 Å². The number of anilines is 1. The van der Waals surface area contributed by atoms with Crippen LogP contribution < -0.4 is 19.7 Å². The number of aryl methyl sites for hydroxylation is 1. The van der Waals surface area contributed by atoms with Gasteiger partial charge in [0, 0.05) is 32.3 Å².